The third-order valence-electron chi connectivity index (χ3n) is 7.44. The summed E-state index contributed by atoms with van der Waals surface area (Å²) in [5, 5.41) is 0. The molecule has 0 unspecified atom stereocenters. The minimum Gasteiger partial charge on any atom is -0.480 e. The molecule has 0 radical (unpaired) electrons. The molecule has 9 nitrogen and oxygen atoms in total. The van der Waals surface area contributed by atoms with Gasteiger partial charge in [0.1, 0.15) is 24.2 Å². The molecule has 0 atom stereocenters. The number of rotatable bonds is 9. The lowest BCUT2D eigenvalue weighted by Crippen LogP contribution is -2.11. The van der Waals surface area contributed by atoms with Gasteiger partial charge in [0.2, 0.25) is 11.8 Å². The van der Waals surface area contributed by atoms with Crippen LogP contribution < -0.4 is 9.47 Å². The molecule has 7 rings (SSSR count). The third kappa shape index (κ3) is 5.89. The van der Waals surface area contributed by atoms with E-state index in [9.17, 15) is 13.2 Å². The van der Waals surface area contributed by atoms with Crippen molar-refractivity contribution >= 4 is 0 Å². The minimum atomic E-state index is -4.62. The van der Waals surface area contributed by atoms with Gasteiger partial charge in [0.25, 0.3) is 0 Å². The molecular formula is C30H31F4N7O2. The Balaban J connectivity index is 0.00000161. The summed E-state index contributed by atoms with van der Waals surface area (Å²) in [7, 11) is 1.52. The molecule has 0 amide bonds. The molecule has 0 N–H and O–H groups in total. The van der Waals surface area contributed by atoms with E-state index in [4.69, 9.17) is 9.47 Å². The Morgan fingerprint density at radius 2 is 1.70 bits per heavy atom. The van der Waals surface area contributed by atoms with Crippen LogP contribution in [0.25, 0.3) is 22.9 Å². The van der Waals surface area contributed by atoms with E-state index < -0.39 is 17.7 Å². The van der Waals surface area contributed by atoms with Gasteiger partial charge in [-0.3, -0.25) is 0 Å². The van der Waals surface area contributed by atoms with Crippen LogP contribution in [0.3, 0.4) is 0 Å². The molecule has 3 fully saturated rings. The SMILES string of the molecule is CC.COc1ncnc(C2CC2)c1-c1nccc(OCc2cnc(-c3nc(C(F)(F)F)c(C4CC4)n3C3CC3)c(F)c2)n1. The first-order valence-electron chi connectivity index (χ1n) is 14.5. The summed E-state index contributed by atoms with van der Waals surface area (Å²) in [6, 6.07) is 2.66. The second-order valence-electron chi connectivity index (χ2n) is 10.6. The normalized spacial score (nSPS) is 16.4. The van der Waals surface area contributed by atoms with E-state index in [-0.39, 0.29) is 41.7 Å². The molecule has 4 aromatic heterocycles. The highest BCUT2D eigenvalue weighted by Gasteiger charge is 2.46. The highest BCUT2D eigenvalue weighted by molar-refractivity contribution is 5.66. The summed E-state index contributed by atoms with van der Waals surface area (Å²) in [6.07, 6.45) is 4.59. The Morgan fingerprint density at radius 3 is 2.33 bits per heavy atom. The monoisotopic (exact) mass is 597 g/mol. The number of aromatic nitrogens is 7. The van der Waals surface area contributed by atoms with Gasteiger partial charge in [0.05, 0.1) is 18.5 Å². The van der Waals surface area contributed by atoms with Gasteiger partial charge in [0.15, 0.2) is 23.2 Å². The second kappa shape index (κ2) is 11.5. The lowest BCUT2D eigenvalue weighted by molar-refractivity contribution is -0.141. The molecule has 3 aliphatic carbocycles. The van der Waals surface area contributed by atoms with E-state index in [1.54, 1.807) is 10.6 Å². The fraction of sp³-hybridized carbons (Fsp3) is 0.467. The van der Waals surface area contributed by atoms with Crippen LogP contribution in [-0.2, 0) is 12.8 Å². The van der Waals surface area contributed by atoms with Crippen LogP contribution in [0.5, 0.6) is 11.8 Å². The van der Waals surface area contributed by atoms with Crippen molar-refractivity contribution in [2.45, 2.75) is 83.0 Å². The van der Waals surface area contributed by atoms with Gasteiger partial charge in [-0.15, -0.1) is 0 Å². The van der Waals surface area contributed by atoms with E-state index in [2.05, 4.69) is 29.9 Å². The third-order valence-corrected chi connectivity index (χ3v) is 7.44. The molecule has 0 aromatic carbocycles. The average molecular weight is 598 g/mol. The summed E-state index contributed by atoms with van der Waals surface area (Å²) < 4.78 is 69.8. The Morgan fingerprint density at radius 1 is 0.953 bits per heavy atom. The summed E-state index contributed by atoms with van der Waals surface area (Å²) >= 11 is 0. The maximum absolute atomic E-state index is 15.4. The number of imidazole rings is 1. The van der Waals surface area contributed by atoms with E-state index >= 15 is 4.39 Å². The zero-order chi connectivity index (χ0) is 30.3. The lowest BCUT2D eigenvalue weighted by Gasteiger charge is -2.13. The molecule has 226 valence electrons. The molecule has 43 heavy (non-hydrogen) atoms. The number of hydrogen-bond acceptors (Lipinski definition) is 8. The average Bonchev–Trinajstić information content (AvgIpc) is 3.86. The molecule has 0 spiro atoms. The van der Waals surface area contributed by atoms with E-state index in [1.807, 2.05) is 13.8 Å². The molecule has 4 aromatic rings. The van der Waals surface area contributed by atoms with Gasteiger partial charge in [-0.2, -0.15) is 18.2 Å². The minimum absolute atomic E-state index is 0.0716. The summed E-state index contributed by atoms with van der Waals surface area (Å²) in [5.74, 6) is 0.204. The molecule has 4 heterocycles. The second-order valence-corrected chi connectivity index (χ2v) is 10.6. The highest BCUT2D eigenvalue weighted by Crippen LogP contribution is 2.51. The predicted octanol–water partition coefficient (Wildman–Crippen LogP) is 7.05. The smallest absolute Gasteiger partial charge is 0.435 e. The largest absolute Gasteiger partial charge is 0.480 e. The van der Waals surface area contributed by atoms with Crippen LogP contribution in [0.2, 0.25) is 0 Å². The van der Waals surface area contributed by atoms with E-state index in [0.29, 0.717) is 41.6 Å². The van der Waals surface area contributed by atoms with Crippen LogP contribution in [0.4, 0.5) is 17.6 Å². The zero-order valence-corrected chi connectivity index (χ0v) is 24.0. The Kier molecular flexibility index (Phi) is 7.74. The van der Waals surface area contributed by atoms with Crippen molar-refractivity contribution in [2.75, 3.05) is 7.11 Å². The van der Waals surface area contributed by atoms with Crippen LogP contribution in [-0.4, -0.2) is 41.6 Å². The van der Waals surface area contributed by atoms with Crippen LogP contribution in [0.15, 0.2) is 30.9 Å². The van der Waals surface area contributed by atoms with Gasteiger partial charge < -0.3 is 14.0 Å². The van der Waals surface area contributed by atoms with Gasteiger partial charge in [0, 0.05) is 41.9 Å². The summed E-state index contributed by atoms with van der Waals surface area (Å²) in [6.45, 7) is 3.93. The topological polar surface area (TPSA) is 101 Å². The van der Waals surface area contributed by atoms with Gasteiger partial charge in [-0.05, 0) is 44.6 Å². The Hall–Kier alpha value is -4.16. The van der Waals surface area contributed by atoms with Crippen molar-refractivity contribution in [1.82, 2.24) is 34.5 Å². The fourth-order valence-electron chi connectivity index (χ4n) is 5.10. The number of alkyl halides is 3. The summed E-state index contributed by atoms with van der Waals surface area (Å²) in [5.41, 5.74) is 0.836. The number of pyridine rings is 1. The first-order chi connectivity index (χ1) is 20.8. The highest BCUT2D eigenvalue weighted by atomic mass is 19.4. The van der Waals surface area contributed by atoms with Gasteiger partial charge >= 0.3 is 6.18 Å². The standard InChI is InChI=1S/C28H25F4N7O2.C2H6/c1-40-27-20(21(15-2-3-15)35-13-36-27)25-33-9-8-19(37-25)41-12-14-10-18(29)22(34-11-14)26-38-24(28(30,31)32)23(16-4-5-16)39(26)17-6-7-17;1-2/h8-11,13,15-17H,2-7,12H2,1H3;1-2H3. The Bertz CT molecular complexity index is 1630. The first kappa shape index (κ1) is 28.9. The fourth-order valence-corrected chi connectivity index (χ4v) is 5.10. The number of hydrogen-bond donors (Lipinski definition) is 0. The molecule has 13 heteroatoms. The summed E-state index contributed by atoms with van der Waals surface area (Å²) in [4.78, 5) is 25.6. The van der Waals surface area contributed by atoms with E-state index in [1.165, 1.54) is 31.9 Å². The van der Waals surface area contributed by atoms with Crippen LogP contribution in [0.1, 0.15) is 92.9 Å². The number of ether oxygens (including phenoxy) is 2. The molecule has 0 saturated heterocycles. The first-order valence-corrected chi connectivity index (χ1v) is 14.5. The van der Waals surface area contributed by atoms with Crippen LogP contribution in [0, 0.1) is 5.82 Å². The van der Waals surface area contributed by atoms with E-state index in [0.717, 1.165) is 31.4 Å². The molecular weight excluding hydrogens is 566 g/mol. The van der Waals surface area contributed by atoms with Crippen molar-refractivity contribution in [3.63, 3.8) is 0 Å². The number of nitrogens with zero attached hydrogens (tertiary/aromatic N) is 7. The maximum Gasteiger partial charge on any atom is 0.435 e. The predicted molar refractivity (Wildman–Crippen MR) is 148 cm³/mol. The quantitative estimate of drug-likeness (QED) is 0.189. The number of halogens is 4. The number of methoxy groups -OCH3 is 1. The van der Waals surface area contributed by atoms with Crippen molar-refractivity contribution in [1.29, 1.82) is 0 Å². The van der Waals surface area contributed by atoms with Crippen molar-refractivity contribution in [3.8, 4) is 34.7 Å². The zero-order valence-electron chi connectivity index (χ0n) is 24.0. The Labute approximate surface area is 245 Å². The molecule has 3 saturated carbocycles. The van der Waals surface area contributed by atoms with Gasteiger partial charge in [-0.25, -0.2) is 29.3 Å². The van der Waals surface area contributed by atoms with Crippen molar-refractivity contribution in [3.05, 3.63) is 59.3 Å². The molecule has 0 aliphatic heterocycles. The van der Waals surface area contributed by atoms with Crippen LogP contribution >= 0.6 is 0 Å². The van der Waals surface area contributed by atoms with Gasteiger partial charge in [-0.1, -0.05) is 13.8 Å². The molecule has 3 aliphatic rings. The van der Waals surface area contributed by atoms with Crippen molar-refractivity contribution < 1.29 is 27.0 Å². The van der Waals surface area contributed by atoms with Crippen molar-refractivity contribution in [2.24, 2.45) is 0 Å². The lowest BCUT2D eigenvalue weighted by atomic mass is 10.1. The molecule has 0 bridgehead atoms. The maximum atomic E-state index is 15.4.